The Morgan fingerprint density at radius 3 is 2.12 bits per heavy atom. The molecule has 2 aromatic rings. The fourth-order valence-electron chi connectivity index (χ4n) is 4.64. The first-order valence-electron chi connectivity index (χ1n) is 9.25. The van der Waals surface area contributed by atoms with Crippen LogP contribution in [0.2, 0.25) is 0 Å². The van der Waals surface area contributed by atoms with Gasteiger partial charge in [-0.25, -0.2) is 0 Å². The maximum Gasteiger partial charge on any atom is 0.0908 e. The maximum absolute atomic E-state index is 6.45. The molecule has 0 aliphatic carbocycles. The number of hydrogen-bond acceptors (Lipinski definition) is 2. The monoisotopic (exact) mass is 334 g/mol. The number of hydrogen-bond donors (Lipinski definition) is 0. The summed E-state index contributed by atoms with van der Waals surface area (Å²) in [4.78, 5) is 0. The second kappa shape index (κ2) is 7.15. The lowest BCUT2D eigenvalue weighted by Crippen LogP contribution is -2.45. The van der Waals surface area contributed by atoms with E-state index in [-0.39, 0.29) is 23.7 Å². The van der Waals surface area contributed by atoms with Gasteiger partial charge < -0.3 is 9.47 Å². The van der Waals surface area contributed by atoms with Crippen molar-refractivity contribution in [2.75, 3.05) is 6.61 Å². The lowest BCUT2D eigenvalue weighted by Gasteiger charge is -2.39. The highest BCUT2D eigenvalue weighted by Crippen LogP contribution is 2.49. The van der Waals surface area contributed by atoms with Gasteiger partial charge in [-0.3, -0.25) is 0 Å². The summed E-state index contributed by atoms with van der Waals surface area (Å²) < 4.78 is 12.6. The first kappa shape index (κ1) is 16.6. The molecular formula is C23H26O2. The van der Waals surface area contributed by atoms with Crippen molar-refractivity contribution in [2.24, 2.45) is 5.41 Å². The van der Waals surface area contributed by atoms with E-state index in [0.717, 1.165) is 25.7 Å². The van der Waals surface area contributed by atoms with E-state index < -0.39 is 0 Å². The zero-order valence-corrected chi connectivity index (χ0v) is 14.6. The molecule has 0 aromatic heterocycles. The highest BCUT2D eigenvalue weighted by molar-refractivity contribution is 5.24. The van der Waals surface area contributed by atoms with Gasteiger partial charge in [0.2, 0.25) is 0 Å². The third kappa shape index (κ3) is 3.42. The van der Waals surface area contributed by atoms with Crippen LogP contribution in [0.5, 0.6) is 0 Å². The van der Waals surface area contributed by atoms with Crippen LogP contribution in [0.25, 0.3) is 0 Å². The Kier molecular flexibility index (Phi) is 4.74. The summed E-state index contributed by atoms with van der Waals surface area (Å²) in [6, 6.07) is 21.6. The average Bonchev–Trinajstić information content (AvgIpc) is 2.92. The van der Waals surface area contributed by atoms with Gasteiger partial charge >= 0.3 is 0 Å². The quantitative estimate of drug-likeness (QED) is 0.719. The molecule has 2 nitrogen and oxygen atoms in total. The minimum atomic E-state index is 0.0809. The van der Waals surface area contributed by atoms with Crippen molar-refractivity contribution < 1.29 is 9.47 Å². The summed E-state index contributed by atoms with van der Waals surface area (Å²) >= 11 is 0. The van der Waals surface area contributed by atoms with E-state index in [9.17, 15) is 0 Å². The second-order valence-corrected chi connectivity index (χ2v) is 7.47. The Hall–Kier alpha value is -1.90. The number of benzene rings is 2. The van der Waals surface area contributed by atoms with Gasteiger partial charge in [-0.15, -0.1) is 6.58 Å². The van der Waals surface area contributed by atoms with Gasteiger partial charge in [-0.05, 0) is 36.8 Å². The van der Waals surface area contributed by atoms with Crippen LogP contribution in [0.3, 0.4) is 0 Å². The van der Waals surface area contributed by atoms with Gasteiger partial charge in [0.15, 0.2) is 0 Å². The number of fused-ring (bicyclic) bond motifs is 2. The summed E-state index contributed by atoms with van der Waals surface area (Å²) in [7, 11) is 0. The predicted molar refractivity (Wildman–Crippen MR) is 101 cm³/mol. The van der Waals surface area contributed by atoms with Gasteiger partial charge in [0.25, 0.3) is 0 Å². The normalized spacial score (nSPS) is 27.1. The van der Waals surface area contributed by atoms with Crippen LogP contribution in [0.4, 0.5) is 0 Å². The highest BCUT2D eigenvalue weighted by atomic mass is 16.6. The minimum Gasteiger partial charge on any atom is -0.372 e. The second-order valence-electron chi connectivity index (χ2n) is 7.47. The van der Waals surface area contributed by atoms with Crippen LogP contribution >= 0.6 is 0 Å². The lowest BCUT2D eigenvalue weighted by atomic mass is 9.69. The van der Waals surface area contributed by atoms with Gasteiger partial charge in [0.05, 0.1) is 24.9 Å². The van der Waals surface area contributed by atoms with Crippen LogP contribution < -0.4 is 0 Å². The largest absolute Gasteiger partial charge is 0.372 e. The lowest BCUT2D eigenvalue weighted by molar-refractivity contribution is -0.161. The molecule has 0 N–H and O–H groups in total. The molecule has 3 atom stereocenters. The highest BCUT2D eigenvalue weighted by Gasteiger charge is 2.54. The summed E-state index contributed by atoms with van der Waals surface area (Å²) in [6.45, 7) is 4.63. The predicted octanol–water partition coefficient (Wildman–Crippen LogP) is 4.59. The van der Waals surface area contributed by atoms with Crippen molar-refractivity contribution >= 4 is 0 Å². The van der Waals surface area contributed by atoms with E-state index in [4.69, 9.17) is 9.47 Å². The van der Waals surface area contributed by atoms with E-state index in [1.807, 2.05) is 6.08 Å². The van der Waals surface area contributed by atoms with Crippen LogP contribution in [0, 0.1) is 5.41 Å². The molecule has 0 unspecified atom stereocenters. The molecule has 130 valence electrons. The SMILES string of the molecule is C=CC[C@H]1OC[C@@H]2CC(Cc3ccccc3)(Cc3ccccc3)[C@H]1O2. The first-order valence-corrected chi connectivity index (χ1v) is 9.25. The standard InChI is InChI=1S/C23H26O2/c1-2-9-21-22-23(16-20(25-22)17-24-21,14-18-10-5-3-6-11-18)15-19-12-7-4-8-13-19/h2-8,10-13,20-22H,1,9,14-17H2/t20-,21+,22-/m0/s1. The van der Waals surface area contributed by atoms with Crippen molar-refractivity contribution in [2.45, 2.75) is 44.0 Å². The van der Waals surface area contributed by atoms with Gasteiger partial charge in [-0.1, -0.05) is 66.7 Å². The summed E-state index contributed by atoms with van der Waals surface area (Å²) in [5, 5.41) is 0. The van der Waals surface area contributed by atoms with Crippen LogP contribution in [-0.4, -0.2) is 24.9 Å². The smallest absolute Gasteiger partial charge is 0.0908 e. The van der Waals surface area contributed by atoms with E-state index in [1.54, 1.807) is 0 Å². The van der Waals surface area contributed by atoms with Crippen molar-refractivity contribution in [1.29, 1.82) is 0 Å². The summed E-state index contributed by atoms with van der Waals surface area (Å²) in [5.41, 5.74) is 2.84. The van der Waals surface area contributed by atoms with Gasteiger partial charge in [0.1, 0.15) is 0 Å². The molecule has 2 aliphatic heterocycles. The third-order valence-corrected chi connectivity index (χ3v) is 5.61. The molecule has 0 radical (unpaired) electrons. The molecule has 2 heterocycles. The number of rotatable bonds is 6. The summed E-state index contributed by atoms with van der Waals surface area (Å²) in [6.07, 6.45) is 6.40. The molecule has 0 saturated carbocycles. The molecular weight excluding hydrogens is 308 g/mol. The van der Waals surface area contributed by atoms with Crippen molar-refractivity contribution in [3.8, 4) is 0 Å². The van der Waals surface area contributed by atoms with E-state index in [2.05, 4.69) is 67.2 Å². The van der Waals surface area contributed by atoms with Crippen LogP contribution in [0.15, 0.2) is 73.3 Å². The fourth-order valence-corrected chi connectivity index (χ4v) is 4.64. The maximum atomic E-state index is 6.45. The Morgan fingerprint density at radius 2 is 1.56 bits per heavy atom. The Morgan fingerprint density at radius 1 is 0.960 bits per heavy atom. The first-order chi connectivity index (χ1) is 12.3. The van der Waals surface area contributed by atoms with Crippen molar-refractivity contribution in [1.82, 2.24) is 0 Å². The third-order valence-electron chi connectivity index (χ3n) is 5.61. The molecule has 2 aliphatic rings. The van der Waals surface area contributed by atoms with E-state index >= 15 is 0 Å². The molecule has 2 bridgehead atoms. The Labute approximate surface area is 150 Å². The average molecular weight is 334 g/mol. The molecule has 2 saturated heterocycles. The zero-order valence-electron chi connectivity index (χ0n) is 14.6. The fraction of sp³-hybridized carbons (Fsp3) is 0.391. The molecule has 0 spiro atoms. The van der Waals surface area contributed by atoms with Gasteiger partial charge in [-0.2, -0.15) is 0 Å². The Balaban J connectivity index is 1.69. The molecule has 25 heavy (non-hydrogen) atoms. The van der Waals surface area contributed by atoms with Crippen molar-refractivity contribution in [3.05, 3.63) is 84.4 Å². The van der Waals surface area contributed by atoms with Crippen molar-refractivity contribution in [3.63, 3.8) is 0 Å². The van der Waals surface area contributed by atoms with Crippen LogP contribution in [-0.2, 0) is 22.3 Å². The summed E-state index contributed by atoms with van der Waals surface area (Å²) in [5.74, 6) is 0. The van der Waals surface area contributed by atoms with E-state index in [1.165, 1.54) is 11.1 Å². The Bertz CT molecular complexity index is 653. The molecule has 2 aromatic carbocycles. The zero-order chi connectivity index (χ0) is 17.1. The molecule has 2 fully saturated rings. The minimum absolute atomic E-state index is 0.0809. The molecule has 2 heteroatoms. The molecule has 4 rings (SSSR count). The number of ether oxygens (including phenoxy) is 2. The van der Waals surface area contributed by atoms with Gasteiger partial charge in [0, 0.05) is 5.41 Å². The topological polar surface area (TPSA) is 18.5 Å². The van der Waals surface area contributed by atoms with E-state index in [0.29, 0.717) is 6.61 Å². The molecule has 0 amide bonds. The van der Waals surface area contributed by atoms with Crippen LogP contribution in [0.1, 0.15) is 24.0 Å².